The van der Waals surface area contributed by atoms with E-state index in [-0.39, 0.29) is 6.54 Å². The van der Waals surface area contributed by atoms with Crippen LogP contribution in [-0.4, -0.2) is 16.8 Å². The highest BCUT2D eigenvalue weighted by Crippen LogP contribution is 2.26. The van der Waals surface area contributed by atoms with Crippen molar-refractivity contribution in [2.24, 2.45) is 5.73 Å². The van der Waals surface area contributed by atoms with Crippen LogP contribution in [0.2, 0.25) is 0 Å². The number of halogens is 2. The molecule has 0 spiro atoms. The number of nitrogens with two attached hydrogens (primary N) is 1. The Morgan fingerprint density at radius 1 is 1.38 bits per heavy atom. The summed E-state index contributed by atoms with van der Waals surface area (Å²) in [6, 6.07) is 1.74. The second kappa shape index (κ2) is 3.68. The predicted molar refractivity (Wildman–Crippen MR) is 42.0 cm³/mol. The first-order valence-corrected chi connectivity index (χ1v) is 3.63. The molecule has 4 N–H and O–H groups in total. The Kier molecular flexibility index (Phi) is 2.79. The smallest absolute Gasteiger partial charge is 0.173 e. The molecule has 0 bridgehead atoms. The van der Waals surface area contributed by atoms with Crippen LogP contribution in [0, 0.1) is 11.6 Å². The lowest BCUT2D eigenvalue weighted by atomic mass is 10.1. The lowest BCUT2D eigenvalue weighted by Crippen LogP contribution is -2.14. The fourth-order valence-corrected chi connectivity index (χ4v) is 0.981. The van der Waals surface area contributed by atoms with E-state index in [1.165, 1.54) is 0 Å². The molecule has 0 aromatic heterocycles. The third kappa shape index (κ3) is 1.76. The van der Waals surface area contributed by atoms with E-state index in [0.717, 1.165) is 12.1 Å². The molecule has 0 aliphatic rings. The van der Waals surface area contributed by atoms with Crippen molar-refractivity contribution in [2.75, 3.05) is 6.54 Å². The number of rotatable bonds is 2. The zero-order valence-electron chi connectivity index (χ0n) is 6.67. The van der Waals surface area contributed by atoms with Crippen LogP contribution in [0.1, 0.15) is 11.7 Å². The van der Waals surface area contributed by atoms with Gasteiger partial charge in [0.15, 0.2) is 11.6 Å². The fraction of sp³-hybridized carbons (Fsp3) is 0.250. The number of phenols is 1. The summed E-state index contributed by atoms with van der Waals surface area (Å²) in [4.78, 5) is 0. The lowest BCUT2D eigenvalue weighted by Gasteiger charge is -2.10. The van der Waals surface area contributed by atoms with Crippen LogP contribution in [0.5, 0.6) is 5.75 Å². The third-order valence-electron chi connectivity index (χ3n) is 1.66. The topological polar surface area (TPSA) is 66.5 Å². The van der Waals surface area contributed by atoms with Crippen molar-refractivity contribution < 1.29 is 19.0 Å². The Balaban J connectivity index is 3.25. The number of aliphatic hydroxyl groups is 1. The van der Waals surface area contributed by atoms with Gasteiger partial charge < -0.3 is 15.9 Å². The first kappa shape index (κ1) is 9.88. The Morgan fingerprint density at radius 2 is 2.00 bits per heavy atom. The van der Waals surface area contributed by atoms with Gasteiger partial charge >= 0.3 is 0 Å². The third-order valence-corrected chi connectivity index (χ3v) is 1.66. The summed E-state index contributed by atoms with van der Waals surface area (Å²) in [5.74, 6) is -2.80. The van der Waals surface area contributed by atoms with Crippen LogP contribution in [0.15, 0.2) is 12.1 Å². The van der Waals surface area contributed by atoms with Gasteiger partial charge in [-0.1, -0.05) is 0 Å². The maximum Gasteiger partial charge on any atom is 0.173 e. The highest BCUT2D eigenvalue weighted by molar-refractivity contribution is 5.32. The Morgan fingerprint density at radius 3 is 2.54 bits per heavy atom. The molecule has 1 unspecified atom stereocenters. The number of aromatic hydroxyl groups is 1. The fourth-order valence-electron chi connectivity index (χ4n) is 0.981. The summed E-state index contributed by atoms with van der Waals surface area (Å²) in [6.07, 6.45) is -1.44. The van der Waals surface area contributed by atoms with Crippen molar-refractivity contribution >= 4 is 0 Å². The van der Waals surface area contributed by atoms with Crippen LogP contribution in [0.4, 0.5) is 8.78 Å². The molecule has 0 amide bonds. The van der Waals surface area contributed by atoms with Gasteiger partial charge in [-0.15, -0.1) is 0 Å². The molecular formula is C8H9F2NO2. The van der Waals surface area contributed by atoms with E-state index < -0.39 is 29.1 Å². The molecule has 0 heterocycles. The number of aliphatic hydroxyl groups excluding tert-OH is 1. The maximum atomic E-state index is 13.0. The van der Waals surface area contributed by atoms with Gasteiger partial charge in [0.25, 0.3) is 0 Å². The highest BCUT2D eigenvalue weighted by atomic mass is 19.1. The molecule has 0 saturated heterocycles. The molecule has 13 heavy (non-hydrogen) atoms. The standard InChI is InChI=1S/C8H9F2NO2/c9-4-1-2-5(12)8(10)7(4)6(13)3-11/h1-2,6,12-13H,3,11H2. The average molecular weight is 189 g/mol. The van der Waals surface area contributed by atoms with E-state index in [9.17, 15) is 8.78 Å². The highest BCUT2D eigenvalue weighted by Gasteiger charge is 2.19. The van der Waals surface area contributed by atoms with E-state index >= 15 is 0 Å². The van der Waals surface area contributed by atoms with Crippen molar-refractivity contribution in [3.63, 3.8) is 0 Å². The van der Waals surface area contributed by atoms with Gasteiger partial charge in [-0.05, 0) is 12.1 Å². The zero-order chi connectivity index (χ0) is 10.0. The van der Waals surface area contributed by atoms with Crippen LogP contribution in [-0.2, 0) is 0 Å². The first-order chi connectivity index (χ1) is 6.07. The van der Waals surface area contributed by atoms with E-state index in [4.69, 9.17) is 15.9 Å². The van der Waals surface area contributed by atoms with E-state index in [0.29, 0.717) is 0 Å². The lowest BCUT2D eigenvalue weighted by molar-refractivity contribution is 0.175. The largest absolute Gasteiger partial charge is 0.505 e. The predicted octanol–water partition coefficient (Wildman–Crippen LogP) is 0.663. The Hall–Kier alpha value is -1.20. The molecule has 1 aromatic carbocycles. The van der Waals surface area contributed by atoms with Crippen LogP contribution >= 0.6 is 0 Å². The van der Waals surface area contributed by atoms with Gasteiger partial charge in [-0.3, -0.25) is 0 Å². The molecule has 0 radical (unpaired) electrons. The summed E-state index contributed by atoms with van der Waals surface area (Å²) in [6.45, 7) is -0.308. The van der Waals surface area contributed by atoms with Gasteiger partial charge in [0.05, 0.1) is 11.7 Å². The van der Waals surface area contributed by atoms with Crippen LogP contribution in [0.25, 0.3) is 0 Å². The quantitative estimate of drug-likeness (QED) is 0.640. The van der Waals surface area contributed by atoms with E-state index in [2.05, 4.69) is 0 Å². The molecule has 0 fully saturated rings. The zero-order valence-corrected chi connectivity index (χ0v) is 6.67. The Bertz CT molecular complexity index is 317. The second-order valence-corrected chi connectivity index (χ2v) is 2.55. The number of hydrogen-bond donors (Lipinski definition) is 3. The van der Waals surface area contributed by atoms with Crippen molar-refractivity contribution in [1.29, 1.82) is 0 Å². The van der Waals surface area contributed by atoms with Crippen molar-refractivity contribution in [2.45, 2.75) is 6.10 Å². The SMILES string of the molecule is NCC(O)c1c(F)ccc(O)c1F. The van der Waals surface area contributed by atoms with Crippen molar-refractivity contribution in [3.05, 3.63) is 29.3 Å². The van der Waals surface area contributed by atoms with Crippen LogP contribution < -0.4 is 5.73 Å². The summed E-state index contributed by atoms with van der Waals surface area (Å²) in [7, 11) is 0. The van der Waals surface area contributed by atoms with Crippen LogP contribution in [0.3, 0.4) is 0 Å². The molecule has 1 rings (SSSR count). The van der Waals surface area contributed by atoms with Gasteiger partial charge in [-0.2, -0.15) is 0 Å². The van der Waals surface area contributed by atoms with E-state index in [1.807, 2.05) is 0 Å². The molecule has 5 heteroatoms. The van der Waals surface area contributed by atoms with Gasteiger partial charge in [0, 0.05) is 6.54 Å². The number of benzene rings is 1. The molecular weight excluding hydrogens is 180 g/mol. The van der Waals surface area contributed by atoms with Gasteiger partial charge in [0.1, 0.15) is 5.82 Å². The molecule has 0 aliphatic heterocycles. The molecule has 1 aromatic rings. The second-order valence-electron chi connectivity index (χ2n) is 2.55. The monoisotopic (exact) mass is 189 g/mol. The minimum Gasteiger partial charge on any atom is -0.505 e. The molecule has 1 atom stereocenters. The van der Waals surface area contributed by atoms with Gasteiger partial charge in [0.2, 0.25) is 0 Å². The van der Waals surface area contributed by atoms with Gasteiger partial charge in [-0.25, -0.2) is 8.78 Å². The maximum absolute atomic E-state index is 13.0. The minimum atomic E-state index is -1.44. The molecule has 0 saturated carbocycles. The normalized spacial score (nSPS) is 12.9. The summed E-state index contributed by atoms with van der Waals surface area (Å²) >= 11 is 0. The average Bonchev–Trinajstić information content (AvgIpc) is 2.12. The summed E-state index contributed by atoms with van der Waals surface area (Å²) in [5, 5.41) is 18.0. The van der Waals surface area contributed by atoms with Crippen molar-refractivity contribution in [3.8, 4) is 5.75 Å². The molecule has 72 valence electrons. The van der Waals surface area contributed by atoms with Crippen molar-refractivity contribution in [1.82, 2.24) is 0 Å². The molecule has 3 nitrogen and oxygen atoms in total. The van der Waals surface area contributed by atoms with E-state index in [1.54, 1.807) is 0 Å². The first-order valence-electron chi connectivity index (χ1n) is 3.63. The number of phenolic OH excluding ortho intramolecular Hbond substituents is 1. The number of hydrogen-bond acceptors (Lipinski definition) is 3. The minimum absolute atomic E-state index is 0.308. The Labute approximate surface area is 73.4 Å². The molecule has 0 aliphatic carbocycles. The summed E-state index contributed by atoms with van der Waals surface area (Å²) in [5.41, 5.74) is 4.43. The summed E-state index contributed by atoms with van der Waals surface area (Å²) < 4.78 is 25.9.